The monoisotopic (exact) mass is 335 g/mol. The van der Waals surface area contributed by atoms with Gasteiger partial charge in [0.2, 0.25) is 0 Å². The van der Waals surface area contributed by atoms with E-state index < -0.39 is 29.9 Å². The Morgan fingerprint density at radius 1 is 1.42 bits per heavy atom. The molecule has 0 radical (unpaired) electrons. The number of carbonyl (C=O) groups is 1. The Kier molecular flexibility index (Phi) is 6.21. The van der Waals surface area contributed by atoms with Gasteiger partial charge in [-0.3, -0.25) is 4.90 Å². The number of ether oxygens (including phenoxy) is 1. The highest BCUT2D eigenvalue weighted by atomic mass is 16.6. The minimum atomic E-state index is -0.828. The third-order valence-electron chi connectivity index (χ3n) is 4.06. The fourth-order valence-electron chi connectivity index (χ4n) is 2.87. The van der Waals surface area contributed by atoms with Crippen LogP contribution in [-0.4, -0.2) is 59.5 Å². The highest BCUT2D eigenvalue weighted by Crippen LogP contribution is 2.17. The molecule has 1 saturated heterocycles. The van der Waals surface area contributed by atoms with Gasteiger partial charge in [-0.05, 0) is 32.8 Å². The molecule has 1 heterocycles. The molecule has 1 fully saturated rings. The lowest BCUT2D eigenvalue weighted by Crippen LogP contribution is -2.62. The van der Waals surface area contributed by atoms with Crippen LogP contribution < -0.4 is 11.1 Å². The standard InChI is InChI=1S/C18H29N3O3/c1-18(2,3)24-17(23)21-10-9-20-12-15(21)16(22)14(19)11-13-7-5-4-6-8-13/h4-8,14-16,20,22H,9-12,19H2,1-3H3/t14-,15-,16+/m1/s1. The van der Waals surface area contributed by atoms with Crippen molar-refractivity contribution in [1.82, 2.24) is 10.2 Å². The molecule has 1 aliphatic heterocycles. The topological polar surface area (TPSA) is 87.8 Å². The molecule has 6 heteroatoms. The quantitative estimate of drug-likeness (QED) is 0.768. The molecule has 4 N–H and O–H groups in total. The first-order chi connectivity index (χ1) is 11.3. The van der Waals surface area contributed by atoms with E-state index in [9.17, 15) is 9.90 Å². The second-order valence-electron chi connectivity index (χ2n) is 7.29. The summed E-state index contributed by atoms with van der Waals surface area (Å²) in [6, 6.07) is 8.96. The van der Waals surface area contributed by atoms with E-state index in [-0.39, 0.29) is 0 Å². The number of nitrogens with zero attached hydrogens (tertiary/aromatic N) is 1. The number of aliphatic hydroxyl groups is 1. The summed E-state index contributed by atoms with van der Waals surface area (Å²) in [4.78, 5) is 14.0. The molecule has 0 saturated carbocycles. The maximum absolute atomic E-state index is 12.4. The third kappa shape index (κ3) is 5.19. The normalized spacial score (nSPS) is 21.2. The Balaban J connectivity index is 2.04. The molecule has 0 aliphatic carbocycles. The summed E-state index contributed by atoms with van der Waals surface area (Å²) in [5, 5.41) is 13.9. The second kappa shape index (κ2) is 7.96. The summed E-state index contributed by atoms with van der Waals surface area (Å²) in [6.07, 6.45) is -0.675. The van der Waals surface area contributed by atoms with Crippen LogP contribution in [0.25, 0.3) is 0 Å². The molecule has 24 heavy (non-hydrogen) atoms. The third-order valence-corrected chi connectivity index (χ3v) is 4.06. The number of hydrogen-bond acceptors (Lipinski definition) is 5. The molecule has 134 valence electrons. The Hall–Kier alpha value is -1.63. The first-order valence-electron chi connectivity index (χ1n) is 8.46. The van der Waals surface area contributed by atoms with Crippen molar-refractivity contribution < 1.29 is 14.6 Å². The number of benzene rings is 1. The molecule has 0 unspecified atom stereocenters. The van der Waals surface area contributed by atoms with Gasteiger partial charge in [0.25, 0.3) is 0 Å². The van der Waals surface area contributed by atoms with Gasteiger partial charge in [0.1, 0.15) is 5.60 Å². The van der Waals surface area contributed by atoms with Crippen LogP contribution in [0.5, 0.6) is 0 Å². The van der Waals surface area contributed by atoms with Crippen molar-refractivity contribution in [1.29, 1.82) is 0 Å². The largest absolute Gasteiger partial charge is 0.444 e. The van der Waals surface area contributed by atoms with E-state index in [0.717, 1.165) is 5.56 Å². The molecule has 0 spiro atoms. The van der Waals surface area contributed by atoms with Crippen molar-refractivity contribution in [2.75, 3.05) is 19.6 Å². The summed E-state index contributed by atoms with van der Waals surface area (Å²) < 4.78 is 5.46. The summed E-state index contributed by atoms with van der Waals surface area (Å²) in [6.45, 7) is 7.17. The van der Waals surface area contributed by atoms with Gasteiger partial charge in [-0.15, -0.1) is 0 Å². The molecule has 2 rings (SSSR count). The number of rotatable bonds is 4. The van der Waals surface area contributed by atoms with E-state index in [4.69, 9.17) is 10.5 Å². The smallest absolute Gasteiger partial charge is 0.410 e. The Bertz CT molecular complexity index is 530. The predicted molar refractivity (Wildman–Crippen MR) is 93.7 cm³/mol. The second-order valence-corrected chi connectivity index (χ2v) is 7.29. The molecule has 1 aromatic carbocycles. The Morgan fingerprint density at radius 3 is 2.71 bits per heavy atom. The molecule has 6 nitrogen and oxygen atoms in total. The molecular formula is C18H29N3O3. The zero-order chi connectivity index (χ0) is 17.7. The lowest BCUT2D eigenvalue weighted by atomic mass is 9.95. The van der Waals surface area contributed by atoms with E-state index in [0.29, 0.717) is 26.1 Å². The lowest BCUT2D eigenvalue weighted by Gasteiger charge is -2.40. The minimum absolute atomic E-state index is 0.396. The van der Waals surface area contributed by atoms with E-state index >= 15 is 0 Å². The van der Waals surface area contributed by atoms with Crippen molar-refractivity contribution in [3.63, 3.8) is 0 Å². The van der Waals surface area contributed by atoms with Crippen molar-refractivity contribution in [2.45, 2.75) is 51.0 Å². The summed E-state index contributed by atoms with van der Waals surface area (Å²) in [7, 11) is 0. The van der Waals surface area contributed by atoms with Crippen molar-refractivity contribution in [3.05, 3.63) is 35.9 Å². The molecule has 1 amide bonds. The highest BCUT2D eigenvalue weighted by molar-refractivity contribution is 5.69. The summed E-state index contributed by atoms with van der Waals surface area (Å²) in [5.74, 6) is 0. The van der Waals surface area contributed by atoms with E-state index in [1.54, 1.807) is 4.90 Å². The zero-order valence-corrected chi connectivity index (χ0v) is 14.7. The van der Waals surface area contributed by atoms with Crippen LogP contribution in [-0.2, 0) is 11.2 Å². The number of nitrogens with one attached hydrogen (secondary N) is 1. The molecule has 0 aromatic heterocycles. The molecular weight excluding hydrogens is 306 g/mol. The fourth-order valence-corrected chi connectivity index (χ4v) is 2.87. The van der Waals surface area contributed by atoms with Crippen LogP contribution in [0.2, 0.25) is 0 Å². The Labute approximate surface area is 144 Å². The van der Waals surface area contributed by atoms with E-state index in [1.165, 1.54) is 0 Å². The van der Waals surface area contributed by atoms with Gasteiger partial charge in [-0.2, -0.15) is 0 Å². The zero-order valence-electron chi connectivity index (χ0n) is 14.7. The lowest BCUT2D eigenvalue weighted by molar-refractivity contribution is -0.0174. The van der Waals surface area contributed by atoms with E-state index in [2.05, 4.69) is 5.32 Å². The number of carbonyl (C=O) groups excluding carboxylic acids is 1. The number of nitrogens with two attached hydrogens (primary N) is 1. The van der Waals surface area contributed by atoms with E-state index in [1.807, 2.05) is 51.1 Å². The first-order valence-corrected chi connectivity index (χ1v) is 8.46. The van der Waals surface area contributed by atoms with Crippen LogP contribution in [0, 0.1) is 0 Å². The van der Waals surface area contributed by atoms with Gasteiger partial charge in [0, 0.05) is 25.7 Å². The van der Waals surface area contributed by atoms with Gasteiger partial charge >= 0.3 is 6.09 Å². The molecule has 3 atom stereocenters. The maximum Gasteiger partial charge on any atom is 0.410 e. The van der Waals surface area contributed by atoms with Crippen LogP contribution in [0.4, 0.5) is 4.79 Å². The molecule has 0 bridgehead atoms. The molecule has 1 aliphatic rings. The Morgan fingerprint density at radius 2 is 2.08 bits per heavy atom. The molecule has 1 aromatic rings. The summed E-state index contributed by atoms with van der Waals surface area (Å²) >= 11 is 0. The summed E-state index contributed by atoms with van der Waals surface area (Å²) in [5.41, 5.74) is 6.71. The first kappa shape index (κ1) is 18.7. The van der Waals surface area contributed by atoms with Crippen molar-refractivity contribution in [2.24, 2.45) is 5.73 Å². The van der Waals surface area contributed by atoms with Crippen molar-refractivity contribution >= 4 is 6.09 Å². The van der Waals surface area contributed by atoms with Gasteiger partial charge in [-0.1, -0.05) is 30.3 Å². The van der Waals surface area contributed by atoms with Gasteiger partial charge in [0.05, 0.1) is 12.1 Å². The number of amides is 1. The van der Waals surface area contributed by atoms with Gasteiger partial charge in [-0.25, -0.2) is 4.79 Å². The van der Waals surface area contributed by atoms with Crippen LogP contribution in [0.1, 0.15) is 26.3 Å². The van der Waals surface area contributed by atoms with Crippen LogP contribution in [0.3, 0.4) is 0 Å². The average molecular weight is 335 g/mol. The van der Waals surface area contributed by atoms with Crippen LogP contribution >= 0.6 is 0 Å². The van der Waals surface area contributed by atoms with Gasteiger partial charge < -0.3 is 20.9 Å². The maximum atomic E-state index is 12.4. The SMILES string of the molecule is CC(C)(C)OC(=O)N1CCNC[C@@H]1[C@@H](O)[C@H](N)Cc1ccccc1. The number of hydrogen-bond donors (Lipinski definition) is 3. The highest BCUT2D eigenvalue weighted by Gasteiger charge is 2.37. The van der Waals surface area contributed by atoms with Gasteiger partial charge in [0.15, 0.2) is 0 Å². The van der Waals surface area contributed by atoms with Crippen molar-refractivity contribution in [3.8, 4) is 0 Å². The van der Waals surface area contributed by atoms with Crippen LogP contribution in [0.15, 0.2) is 30.3 Å². The number of aliphatic hydroxyl groups excluding tert-OH is 1. The fraction of sp³-hybridized carbons (Fsp3) is 0.611. The average Bonchev–Trinajstić information content (AvgIpc) is 2.53. The number of piperazine rings is 1. The predicted octanol–water partition coefficient (Wildman–Crippen LogP) is 1.13. The minimum Gasteiger partial charge on any atom is -0.444 e.